The summed E-state index contributed by atoms with van der Waals surface area (Å²) < 4.78 is 39.3. The minimum absolute atomic E-state index is 0.0300. The van der Waals surface area contributed by atoms with E-state index in [1.165, 1.54) is 6.07 Å². The molecule has 2 aliphatic rings. The zero-order valence-electron chi connectivity index (χ0n) is 8.78. The van der Waals surface area contributed by atoms with Crippen LogP contribution in [0.15, 0.2) is 17.0 Å². The van der Waals surface area contributed by atoms with Crippen molar-refractivity contribution in [1.29, 1.82) is 0 Å². The van der Waals surface area contributed by atoms with E-state index >= 15 is 0 Å². The van der Waals surface area contributed by atoms with Crippen LogP contribution in [0.4, 0.5) is 10.1 Å². The molecule has 0 bridgehead atoms. The molecule has 0 spiro atoms. The fourth-order valence-corrected chi connectivity index (χ4v) is 3.32. The highest BCUT2D eigenvalue weighted by atomic mass is 35.5. The third-order valence-electron chi connectivity index (χ3n) is 3.01. The average Bonchev–Trinajstić information content (AvgIpc) is 3.05. The van der Waals surface area contributed by atoms with Crippen LogP contribution >= 0.6 is 11.6 Å². The van der Waals surface area contributed by atoms with Gasteiger partial charge in [-0.25, -0.2) is 12.8 Å². The molecule has 0 unspecified atom stereocenters. The lowest BCUT2D eigenvalue weighted by Crippen LogP contribution is -2.44. The topological polar surface area (TPSA) is 49.4 Å². The van der Waals surface area contributed by atoms with Gasteiger partial charge in [-0.2, -0.15) is 4.72 Å². The molecular formula is C10H10ClFN2O2S. The van der Waals surface area contributed by atoms with E-state index in [4.69, 9.17) is 11.6 Å². The van der Waals surface area contributed by atoms with Gasteiger partial charge in [-0.1, -0.05) is 11.6 Å². The van der Waals surface area contributed by atoms with Crippen LogP contribution in [0.2, 0.25) is 5.02 Å². The number of fused-ring (bicyclic) bond motifs is 1. The predicted molar refractivity (Wildman–Crippen MR) is 62.1 cm³/mol. The lowest BCUT2D eigenvalue weighted by atomic mass is 10.2. The fraction of sp³-hybridized carbons (Fsp3) is 0.400. The Morgan fingerprint density at radius 3 is 2.76 bits per heavy atom. The fourth-order valence-electron chi connectivity index (χ4n) is 1.99. The van der Waals surface area contributed by atoms with Crippen LogP contribution in [0.1, 0.15) is 12.8 Å². The van der Waals surface area contributed by atoms with Gasteiger partial charge in [0.25, 0.3) is 0 Å². The Bertz CT molecular complexity index is 586. The van der Waals surface area contributed by atoms with E-state index in [2.05, 4.69) is 4.72 Å². The second-order valence-electron chi connectivity index (χ2n) is 4.24. The number of anilines is 1. The van der Waals surface area contributed by atoms with E-state index in [1.54, 1.807) is 0 Å². The summed E-state index contributed by atoms with van der Waals surface area (Å²) in [5.41, 5.74) is 0.498. The van der Waals surface area contributed by atoms with Crippen molar-refractivity contribution in [2.75, 3.05) is 11.6 Å². The van der Waals surface area contributed by atoms with E-state index in [9.17, 15) is 12.8 Å². The third kappa shape index (κ3) is 1.80. The first kappa shape index (κ1) is 11.3. The molecule has 0 atom stereocenters. The Labute approximate surface area is 103 Å². The second kappa shape index (κ2) is 3.57. The average molecular weight is 277 g/mol. The highest BCUT2D eigenvalue weighted by molar-refractivity contribution is 7.89. The van der Waals surface area contributed by atoms with Crippen LogP contribution in [0.5, 0.6) is 0 Å². The predicted octanol–water partition coefficient (Wildman–Crippen LogP) is 1.70. The van der Waals surface area contributed by atoms with Crippen LogP contribution in [-0.4, -0.2) is 21.1 Å². The Morgan fingerprint density at radius 2 is 2.12 bits per heavy atom. The van der Waals surface area contributed by atoms with E-state index in [0.717, 1.165) is 18.9 Å². The summed E-state index contributed by atoms with van der Waals surface area (Å²) in [6.07, 6.45) is 2.05. The molecular weight excluding hydrogens is 267 g/mol. The van der Waals surface area contributed by atoms with Gasteiger partial charge in [0.1, 0.15) is 10.7 Å². The molecule has 1 N–H and O–H groups in total. The molecule has 0 saturated heterocycles. The molecule has 1 heterocycles. The van der Waals surface area contributed by atoms with Crippen molar-refractivity contribution >= 4 is 27.3 Å². The van der Waals surface area contributed by atoms with Gasteiger partial charge in [0.2, 0.25) is 10.0 Å². The summed E-state index contributed by atoms with van der Waals surface area (Å²) in [7, 11) is -3.61. The van der Waals surface area contributed by atoms with E-state index < -0.39 is 15.8 Å². The number of nitrogens with one attached hydrogen (secondary N) is 1. The van der Waals surface area contributed by atoms with Gasteiger partial charge in [-0.15, -0.1) is 0 Å². The van der Waals surface area contributed by atoms with E-state index in [-0.39, 0.29) is 16.6 Å². The van der Waals surface area contributed by atoms with Crippen LogP contribution < -0.4 is 9.62 Å². The van der Waals surface area contributed by atoms with Gasteiger partial charge < -0.3 is 4.90 Å². The summed E-state index contributed by atoms with van der Waals surface area (Å²) in [4.78, 5) is 1.89. The number of benzene rings is 1. The van der Waals surface area contributed by atoms with E-state index in [1.807, 2.05) is 4.90 Å². The molecule has 1 fully saturated rings. The monoisotopic (exact) mass is 276 g/mol. The standard InChI is InChI=1S/C10H10ClFN2O2S/c11-7-3-9-10(4-8(7)12)17(15,16)13-5-14(9)6-1-2-6/h3-4,6,13H,1-2,5H2. The summed E-state index contributed by atoms with van der Waals surface area (Å²) >= 11 is 5.71. The molecule has 7 heteroatoms. The van der Waals surface area contributed by atoms with Crippen LogP contribution in [0.3, 0.4) is 0 Å². The number of rotatable bonds is 1. The Morgan fingerprint density at radius 1 is 1.41 bits per heavy atom. The lowest BCUT2D eigenvalue weighted by molar-refractivity contribution is 0.565. The molecule has 1 saturated carbocycles. The molecule has 0 radical (unpaired) electrons. The van der Waals surface area contributed by atoms with Crippen molar-refractivity contribution in [2.24, 2.45) is 0 Å². The minimum atomic E-state index is -3.61. The zero-order chi connectivity index (χ0) is 12.2. The maximum Gasteiger partial charge on any atom is 0.244 e. The third-order valence-corrected chi connectivity index (χ3v) is 4.72. The quantitative estimate of drug-likeness (QED) is 0.849. The van der Waals surface area contributed by atoms with Gasteiger partial charge >= 0.3 is 0 Å². The molecule has 17 heavy (non-hydrogen) atoms. The highest BCUT2D eigenvalue weighted by Gasteiger charge is 2.37. The molecule has 92 valence electrons. The first-order chi connectivity index (χ1) is 7.99. The van der Waals surface area contributed by atoms with Gasteiger partial charge in [-0.05, 0) is 25.0 Å². The molecule has 0 amide bonds. The smallest absolute Gasteiger partial charge is 0.244 e. The first-order valence-electron chi connectivity index (χ1n) is 5.24. The van der Waals surface area contributed by atoms with Crippen LogP contribution in [-0.2, 0) is 10.0 Å². The van der Waals surface area contributed by atoms with Crippen molar-refractivity contribution < 1.29 is 12.8 Å². The van der Waals surface area contributed by atoms with Crippen LogP contribution in [0, 0.1) is 5.82 Å². The second-order valence-corrected chi connectivity index (χ2v) is 6.38. The van der Waals surface area contributed by atoms with Gasteiger partial charge in [0.15, 0.2) is 0 Å². The minimum Gasteiger partial charge on any atom is -0.354 e. The summed E-state index contributed by atoms with van der Waals surface area (Å²) in [6, 6.07) is 2.70. The van der Waals surface area contributed by atoms with E-state index in [0.29, 0.717) is 11.7 Å². The van der Waals surface area contributed by atoms with Crippen molar-refractivity contribution in [3.63, 3.8) is 0 Å². The largest absolute Gasteiger partial charge is 0.354 e. The molecule has 1 aliphatic carbocycles. The Kier molecular flexibility index (Phi) is 2.36. The van der Waals surface area contributed by atoms with Crippen molar-refractivity contribution in [1.82, 2.24) is 4.72 Å². The number of hydrogen-bond acceptors (Lipinski definition) is 3. The maximum atomic E-state index is 13.4. The van der Waals surface area contributed by atoms with Crippen molar-refractivity contribution in [3.8, 4) is 0 Å². The molecule has 3 rings (SSSR count). The maximum absolute atomic E-state index is 13.4. The number of sulfonamides is 1. The zero-order valence-corrected chi connectivity index (χ0v) is 10.4. The normalized spacial score (nSPS) is 22.4. The molecule has 4 nitrogen and oxygen atoms in total. The number of halogens is 2. The molecule has 1 aliphatic heterocycles. The number of hydrogen-bond donors (Lipinski definition) is 1. The molecule has 1 aromatic rings. The summed E-state index contributed by atoms with van der Waals surface area (Å²) in [6.45, 7) is 0.224. The van der Waals surface area contributed by atoms with Crippen molar-refractivity contribution in [2.45, 2.75) is 23.8 Å². The van der Waals surface area contributed by atoms with Gasteiger partial charge in [0, 0.05) is 6.04 Å². The SMILES string of the molecule is O=S1(=O)NCN(C2CC2)c2cc(Cl)c(F)cc21. The number of nitrogens with zero attached hydrogens (tertiary/aromatic N) is 1. The lowest BCUT2D eigenvalue weighted by Gasteiger charge is -2.31. The summed E-state index contributed by atoms with van der Waals surface area (Å²) in [5.74, 6) is -0.714. The Balaban J connectivity index is 2.20. The summed E-state index contributed by atoms with van der Waals surface area (Å²) in [5, 5.41) is -0.0495. The highest BCUT2D eigenvalue weighted by Crippen LogP contribution is 2.39. The Hall–Kier alpha value is -0.850. The van der Waals surface area contributed by atoms with Gasteiger partial charge in [0.05, 0.1) is 17.4 Å². The van der Waals surface area contributed by atoms with Crippen LogP contribution in [0.25, 0.3) is 0 Å². The first-order valence-corrected chi connectivity index (χ1v) is 7.10. The van der Waals surface area contributed by atoms with Crippen molar-refractivity contribution in [3.05, 3.63) is 23.0 Å². The molecule has 0 aromatic heterocycles. The van der Waals surface area contributed by atoms with Gasteiger partial charge in [-0.3, -0.25) is 0 Å². The molecule has 1 aromatic carbocycles.